The number of carboxylic acids is 1. The Hall–Kier alpha value is -4.66. The molecule has 188 valence electrons. The lowest BCUT2D eigenvalue weighted by atomic mass is 10.1. The number of halogens is 1. The number of hydrogen-bond acceptors (Lipinski definition) is 5. The van der Waals surface area contributed by atoms with Gasteiger partial charge in [0.05, 0.1) is 16.3 Å². The van der Waals surface area contributed by atoms with E-state index in [0.29, 0.717) is 17.2 Å². The van der Waals surface area contributed by atoms with E-state index in [2.05, 4.69) is 10.6 Å². The highest BCUT2D eigenvalue weighted by atomic mass is 35.5. The molecule has 1 heterocycles. The van der Waals surface area contributed by atoms with Crippen LogP contribution in [0.3, 0.4) is 0 Å². The van der Waals surface area contributed by atoms with Gasteiger partial charge in [0.2, 0.25) is 0 Å². The summed E-state index contributed by atoms with van der Waals surface area (Å²) < 4.78 is 6.64. The fraction of sp³-hybridized carbons (Fsp3) is 0. The molecule has 0 spiro atoms. The molecule has 0 bridgehead atoms. The van der Waals surface area contributed by atoms with Crippen LogP contribution in [-0.4, -0.2) is 22.9 Å². The highest BCUT2D eigenvalue weighted by Gasteiger charge is 2.21. The number of carboxylic acid groups (broad SMARTS) is 1. The van der Waals surface area contributed by atoms with Crippen LogP contribution in [0.25, 0.3) is 10.1 Å². The second-order valence-corrected chi connectivity index (χ2v) is 9.59. The number of hydrogen-bond donors (Lipinski definition) is 3. The monoisotopic (exact) mass is 542 g/mol. The predicted octanol–water partition coefficient (Wildman–Crippen LogP) is 7.55. The number of anilines is 2. The third-order valence-electron chi connectivity index (χ3n) is 5.57. The molecule has 38 heavy (non-hydrogen) atoms. The van der Waals surface area contributed by atoms with Crippen molar-refractivity contribution in [2.75, 3.05) is 10.6 Å². The van der Waals surface area contributed by atoms with Crippen molar-refractivity contribution in [2.24, 2.45) is 0 Å². The number of amides is 2. The minimum Gasteiger partial charge on any atom is -0.478 e. The van der Waals surface area contributed by atoms with Crippen LogP contribution < -0.4 is 15.4 Å². The van der Waals surface area contributed by atoms with Gasteiger partial charge in [-0.1, -0.05) is 54.1 Å². The largest absolute Gasteiger partial charge is 0.478 e. The van der Waals surface area contributed by atoms with Crippen LogP contribution in [-0.2, 0) is 0 Å². The summed E-state index contributed by atoms with van der Waals surface area (Å²) in [5.41, 5.74) is 0.450. The van der Waals surface area contributed by atoms with Crippen LogP contribution in [0.4, 0.5) is 11.4 Å². The van der Waals surface area contributed by atoms with E-state index in [1.54, 1.807) is 30.3 Å². The Morgan fingerprint density at radius 2 is 1.50 bits per heavy atom. The summed E-state index contributed by atoms with van der Waals surface area (Å²) in [6.07, 6.45) is 0. The van der Waals surface area contributed by atoms with Crippen LogP contribution in [0.5, 0.6) is 11.5 Å². The topological polar surface area (TPSA) is 105 Å². The molecule has 4 aromatic carbocycles. The van der Waals surface area contributed by atoms with Crippen LogP contribution in [0.1, 0.15) is 30.4 Å². The number of ether oxygens (including phenoxy) is 1. The van der Waals surface area contributed by atoms with Gasteiger partial charge in [-0.2, -0.15) is 0 Å². The quantitative estimate of drug-likeness (QED) is 0.197. The lowest BCUT2D eigenvalue weighted by Crippen LogP contribution is -2.17. The number of aromatic carboxylic acids is 1. The van der Waals surface area contributed by atoms with Gasteiger partial charge in [-0.3, -0.25) is 9.59 Å². The van der Waals surface area contributed by atoms with Crippen molar-refractivity contribution in [3.8, 4) is 11.5 Å². The lowest BCUT2D eigenvalue weighted by Gasteiger charge is -2.12. The first-order chi connectivity index (χ1) is 18.4. The Kier molecular flexibility index (Phi) is 7.08. The zero-order valence-corrected chi connectivity index (χ0v) is 21.2. The van der Waals surface area contributed by atoms with E-state index >= 15 is 0 Å². The third kappa shape index (κ3) is 5.36. The van der Waals surface area contributed by atoms with Gasteiger partial charge in [0.15, 0.2) is 0 Å². The summed E-state index contributed by atoms with van der Waals surface area (Å²) >= 11 is 7.61. The average Bonchev–Trinajstić information content (AvgIpc) is 3.26. The van der Waals surface area contributed by atoms with Gasteiger partial charge in [0, 0.05) is 27.4 Å². The van der Waals surface area contributed by atoms with Crippen molar-refractivity contribution in [1.82, 2.24) is 0 Å². The number of carbonyl (C=O) groups excluding carboxylic acids is 2. The highest BCUT2D eigenvalue weighted by Crippen LogP contribution is 2.36. The van der Waals surface area contributed by atoms with E-state index in [4.69, 9.17) is 16.3 Å². The third-order valence-corrected chi connectivity index (χ3v) is 7.25. The average molecular weight is 543 g/mol. The molecule has 0 aliphatic rings. The van der Waals surface area contributed by atoms with E-state index in [-0.39, 0.29) is 26.7 Å². The van der Waals surface area contributed by atoms with Crippen molar-refractivity contribution < 1.29 is 24.2 Å². The number of para-hydroxylation sites is 1. The summed E-state index contributed by atoms with van der Waals surface area (Å²) in [7, 11) is 0. The second-order valence-electron chi connectivity index (χ2n) is 8.16. The van der Waals surface area contributed by atoms with Gasteiger partial charge >= 0.3 is 5.97 Å². The number of thiophene rings is 1. The summed E-state index contributed by atoms with van der Waals surface area (Å²) in [5.74, 6) is -1.13. The fourth-order valence-corrected chi connectivity index (χ4v) is 5.19. The molecule has 5 aromatic rings. The normalized spacial score (nSPS) is 10.7. The summed E-state index contributed by atoms with van der Waals surface area (Å²) in [6, 6.07) is 27.4. The molecule has 7 nitrogen and oxygen atoms in total. The zero-order valence-electron chi connectivity index (χ0n) is 19.6. The van der Waals surface area contributed by atoms with E-state index in [1.807, 2.05) is 48.5 Å². The molecular weight excluding hydrogens is 524 g/mol. The lowest BCUT2D eigenvalue weighted by molar-refractivity contribution is 0.0697. The van der Waals surface area contributed by atoms with Crippen molar-refractivity contribution >= 4 is 62.2 Å². The van der Waals surface area contributed by atoms with Crippen molar-refractivity contribution in [3.63, 3.8) is 0 Å². The maximum absolute atomic E-state index is 13.0. The molecule has 9 heteroatoms. The molecule has 1 aromatic heterocycles. The van der Waals surface area contributed by atoms with Crippen molar-refractivity contribution in [3.05, 3.63) is 118 Å². The fourth-order valence-electron chi connectivity index (χ4n) is 3.78. The van der Waals surface area contributed by atoms with Gasteiger partial charge in [-0.25, -0.2) is 4.79 Å². The van der Waals surface area contributed by atoms with Gasteiger partial charge in [-0.15, -0.1) is 11.3 Å². The summed E-state index contributed by atoms with van der Waals surface area (Å²) in [6.45, 7) is 0. The number of benzene rings is 4. The first-order valence-electron chi connectivity index (χ1n) is 11.4. The van der Waals surface area contributed by atoms with Crippen LogP contribution in [0.2, 0.25) is 5.02 Å². The Labute approximate surface area is 226 Å². The number of carbonyl (C=O) groups is 3. The molecule has 5 rings (SSSR count). The number of rotatable bonds is 7. The standard InChI is InChI=1S/C29H19ClN2O5S/c30-25-22-11-4-5-12-24(22)38-26(25)28(34)32-23-15-17(13-14-21(23)29(35)36)27(33)31-18-7-6-10-20(16-18)37-19-8-2-1-3-9-19/h1-16H,(H,31,33)(H,32,34)(H,35,36). The Bertz CT molecular complexity index is 1680. The van der Waals surface area contributed by atoms with E-state index < -0.39 is 17.8 Å². The second kappa shape index (κ2) is 10.8. The van der Waals surface area contributed by atoms with E-state index in [9.17, 15) is 19.5 Å². The molecule has 0 unspecified atom stereocenters. The molecule has 0 aliphatic carbocycles. The van der Waals surface area contributed by atoms with Crippen LogP contribution in [0.15, 0.2) is 97.1 Å². The van der Waals surface area contributed by atoms with Crippen molar-refractivity contribution in [2.45, 2.75) is 0 Å². The molecule has 3 N–H and O–H groups in total. The minimum atomic E-state index is -1.25. The zero-order chi connectivity index (χ0) is 26.6. The summed E-state index contributed by atoms with van der Waals surface area (Å²) in [4.78, 5) is 38.1. The number of nitrogens with one attached hydrogen (secondary N) is 2. The van der Waals surface area contributed by atoms with Crippen LogP contribution in [0, 0.1) is 0 Å². The Morgan fingerprint density at radius 3 is 2.26 bits per heavy atom. The molecule has 0 saturated heterocycles. The number of fused-ring (bicyclic) bond motifs is 1. The minimum absolute atomic E-state index is 0.0233. The Morgan fingerprint density at radius 1 is 0.763 bits per heavy atom. The van der Waals surface area contributed by atoms with Crippen LogP contribution >= 0.6 is 22.9 Å². The molecule has 0 radical (unpaired) electrons. The van der Waals surface area contributed by atoms with E-state index in [1.165, 1.54) is 29.5 Å². The molecule has 0 fully saturated rings. The first kappa shape index (κ1) is 25.0. The predicted molar refractivity (Wildman–Crippen MR) is 149 cm³/mol. The maximum Gasteiger partial charge on any atom is 0.337 e. The van der Waals surface area contributed by atoms with Crippen molar-refractivity contribution in [1.29, 1.82) is 0 Å². The summed E-state index contributed by atoms with van der Waals surface area (Å²) in [5, 5.41) is 16.0. The smallest absolute Gasteiger partial charge is 0.337 e. The molecule has 0 aliphatic heterocycles. The van der Waals surface area contributed by atoms with Gasteiger partial charge in [-0.05, 0) is 48.5 Å². The highest BCUT2D eigenvalue weighted by molar-refractivity contribution is 7.21. The molecule has 0 saturated carbocycles. The van der Waals surface area contributed by atoms with Gasteiger partial charge in [0.1, 0.15) is 16.4 Å². The Balaban J connectivity index is 1.37. The SMILES string of the molecule is O=C(Nc1cccc(Oc2ccccc2)c1)c1ccc(C(=O)O)c(NC(=O)c2sc3ccccc3c2Cl)c1. The maximum atomic E-state index is 13.0. The molecule has 0 atom stereocenters. The van der Waals surface area contributed by atoms with Gasteiger partial charge < -0.3 is 20.5 Å². The molecular formula is C29H19ClN2O5S. The molecule has 2 amide bonds. The first-order valence-corrected chi connectivity index (χ1v) is 12.6. The van der Waals surface area contributed by atoms with Gasteiger partial charge in [0.25, 0.3) is 11.8 Å². The van der Waals surface area contributed by atoms with E-state index in [0.717, 1.165) is 10.1 Å².